The molecule has 0 spiro atoms. The van der Waals surface area contributed by atoms with Crippen LogP contribution in [0.1, 0.15) is 32.3 Å². The van der Waals surface area contributed by atoms with Gasteiger partial charge in [-0.25, -0.2) is 0 Å². The summed E-state index contributed by atoms with van der Waals surface area (Å²) in [6.07, 6.45) is 3.16. The largest absolute Gasteiger partial charge is 0.461 e. The van der Waals surface area contributed by atoms with Crippen LogP contribution in [0.5, 0.6) is 0 Å². The van der Waals surface area contributed by atoms with Crippen molar-refractivity contribution in [2.45, 2.75) is 39.2 Å². The van der Waals surface area contributed by atoms with Crippen LogP contribution >= 0.6 is 0 Å². The summed E-state index contributed by atoms with van der Waals surface area (Å²) in [7, 11) is 0. The number of benzene rings is 1. The minimum Gasteiger partial charge on any atom is -0.461 e. The van der Waals surface area contributed by atoms with Crippen molar-refractivity contribution in [3.05, 3.63) is 29.8 Å². The first kappa shape index (κ1) is 12.9. The maximum atomic E-state index is 11.0. The Bertz CT molecular complexity index is 399. The maximum absolute atomic E-state index is 11.0. The van der Waals surface area contributed by atoms with E-state index in [1.165, 1.54) is 18.2 Å². The van der Waals surface area contributed by atoms with E-state index in [4.69, 9.17) is 4.74 Å². The highest BCUT2D eigenvalue weighted by atomic mass is 16.5. The van der Waals surface area contributed by atoms with Crippen molar-refractivity contribution in [1.82, 2.24) is 0 Å². The number of carbonyl (C=O) groups is 1. The van der Waals surface area contributed by atoms with Crippen LogP contribution < -0.4 is 4.90 Å². The molecule has 1 unspecified atom stereocenters. The molecule has 3 heteroatoms. The molecule has 3 nitrogen and oxygen atoms in total. The van der Waals surface area contributed by atoms with Crippen LogP contribution in [-0.2, 0) is 16.0 Å². The molecule has 0 bridgehead atoms. The van der Waals surface area contributed by atoms with Crippen LogP contribution in [0.2, 0.25) is 0 Å². The smallest absolute Gasteiger partial charge is 0.302 e. The van der Waals surface area contributed by atoms with Crippen molar-refractivity contribution < 1.29 is 9.53 Å². The highest BCUT2D eigenvalue weighted by Crippen LogP contribution is 2.22. The lowest BCUT2D eigenvalue weighted by atomic mass is 10.1. The third kappa shape index (κ3) is 3.25. The van der Waals surface area contributed by atoms with Crippen molar-refractivity contribution >= 4 is 11.7 Å². The van der Waals surface area contributed by atoms with E-state index >= 15 is 0 Å². The zero-order chi connectivity index (χ0) is 13.0. The second-order valence-electron chi connectivity index (χ2n) is 4.84. The lowest BCUT2D eigenvalue weighted by Gasteiger charge is -2.33. The molecular formula is C15H21NO2. The summed E-state index contributed by atoms with van der Waals surface area (Å²) in [6, 6.07) is 8.67. The highest BCUT2D eigenvalue weighted by molar-refractivity contribution is 5.66. The van der Waals surface area contributed by atoms with Gasteiger partial charge in [0.15, 0.2) is 0 Å². The van der Waals surface area contributed by atoms with Crippen LogP contribution in [0.3, 0.4) is 0 Å². The SMILES string of the molecule is CCc1ccc(N2CCCC(OC(C)=O)C2)cc1. The first-order chi connectivity index (χ1) is 8.69. The van der Waals surface area contributed by atoms with E-state index in [9.17, 15) is 4.79 Å². The first-order valence-electron chi connectivity index (χ1n) is 6.70. The fraction of sp³-hybridized carbons (Fsp3) is 0.533. The molecule has 1 heterocycles. The van der Waals surface area contributed by atoms with E-state index in [1.54, 1.807) is 0 Å². The number of piperidine rings is 1. The van der Waals surface area contributed by atoms with Gasteiger partial charge in [0.1, 0.15) is 6.10 Å². The van der Waals surface area contributed by atoms with Crippen molar-refractivity contribution in [3.8, 4) is 0 Å². The number of nitrogens with zero attached hydrogens (tertiary/aromatic N) is 1. The summed E-state index contributed by atoms with van der Waals surface area (Å²) in [5, 5.41) is 0. The molecule has 0 amide bonds. The summed E-state index contributed by atoms with van der Waals surface area (Å²) in [5.74, 6) is -0.178. The number of anilines is 1. The van der Waals surface area contributed by atoms with E-state index in [0.29, 0.717) is 0 Å². The van der Waals surface area contributed by atoms with Crippen LogP contribution in [0, 0.1) is 0 Å². The molecule has 1 aliphatic rings. The van der Waals surface area contributed by atoms with E-state index in [2.05, 4.69) is 36.1 Å². The van der Waals surface area contributed by atoms with Gasteiger partial charge in [0.25, 0.3) is 0 Å². The van der Waals surface area contributed by atoms with Gasteiger partial charge in [-0.05, 0) is 37.0 Å². The monoisotopic (exact) mass is 247 g/mol. The van der Waals surface area contributed by atoms with Crippen molar-refractivity contribution in [1.29, 1.82) is 0 Å². The molecule has 0 N–H and O–H groups in total. The van der Waals surface area contributed by atoms with E-state index in [1.807, 2.05) is 0 Å². The van der Waals surface area contributed by atoms with Crippen molar-refractivity contribution in [2.24, 2.45) is 0 Å². The third-order valence-corrected chi connectivity index (χ3v) is 3.42. The molecule has 1 aromatic carbocycles. The molecule has 18 heavy (non-hydrogen) atoms. The van der Waals surface area contributed by atoms with Crippen LogP contribution in [0.15, 0.2) is 24.3 Å². The number of hydrogen-bond donors (Lipinski definition) is 0. The van der Waals surface area contributed by atoms with Gasteiger partial charge in [0.05, 0.1) is 6.54 Å². The molecule has 0 aromatic heterocycles. The highest BCUT2D eigenvalue weighted by Gasteiger charge is 2.22. The Hall–Kier alpha value is -1.51. The number of carbonyl (C=O) groups excluding carboxylic acids is 1. The zero-order valence-electron chi connectivity index (χ0n) is 11.2. The summed E-state index contributed by atoms with van der Waals surface area (Å²) in [4.78, 5) is 13.3. The Labute approximate surface area is 109 Å². The van der Waals surface area contributed by atoms with Crippen LogP contribution in [0.25, 0.3) is 0 Å². The molecule has 0 saturated carbocycles. The van der Waals surface area contributed by atoms with Gasteiger partial charge in [-0.2, -0.15) is 0 Å². The van der Waals surface area contributed by atoms with E-state index in [-0.39, 0.29) is 12.1 Å². The average molecular weight is 247 g/mol. The Kier molecular flexibility index (Phi) is 4.24. The summed E-state index contributed by atoms with van der Waals surface area (Å²) < 4.78 is 5.31. The number of hydrogen-bond acceptors (Lipinski definition) is 3. The number of rotatable bonds is 3. The Morgan fingerprint density at radius 1 is 1.39 bits per heavy atom. The van der Waals surface area contributed by atoms with Gasteiger partial charge in [-0.3, -0.25) is 4.79 Å². The van der Waals surface area contributed by atoms with Gasteiger partial charge in [-0.15, -0.1) is 0 Å². The average Bonchev–Trinajstić information content (AvgIpc) is 2.38. The third-order valence-electron chi connectivity index (χ3n) is 3.42. The van der Waals surface area contributed by atoms with Gasteiger partial charge in [-0.1, -0.05) is 19.1 Å². The topological polar surface area (TPSA) is 29.5 Å². The predicted octanol–water partition coefficient (Wildman–Crippen LogP) is 2.78. The molecule has 1 atom stereocenters. The maximum Gasteiger partial charge on any atom is 0.302 e. The molecule has 0 radical (unpaired) electrons. The standard InChI is InChI=1S/C15H21NO2/c1-3-13-6-8-14(9-7-13)16-10-4-5-15(11-16)18-12(2)17/h6-9,15H,3-5,10-11H2,1-2H3. The van der Waals surface area contributed by atoms with Crippen molar-refractivity contribution in [3.63, 3.8) is 0 Å². The van der Waals surface area contributed by atoms with Gasteiger partial charge < -0.3 is 9.64 Å². The summed E-state index contributed by atoms with van der Waals surface area (Å²) >= 11 is 0. The molecule has 0 aliphatic carbocycles. The Morgan fingerprint density at radius 3 is 2.72 bits per heavy atom. The summed E-state index contributed by atoms with van der Waals surface area (Å²) in [5.41, 5.74) is 2.58. The lowest BCUT2D eigenvalue weighted by Crippen LogP contribution is -2.40. The van der Waals surface area contributed by atoms with E-state index in [0.717, 1.165) is 32.4 Å². The lowest BCUT2D eigenvalue weighted by molar-refractivity contribution is -0.146. The van der Waals surface area contributed by atoms with Crippen LogP contribution in [0.4, 0.5) is 5.69 Å². The minimum absolute atomic E-state index is 0.0436. The predicted molar refractivity (Wildman–Crippen MR) is 72.8 cm³/mol. The fourth-order valence-electron chi connectivity index (χ4n) is 2.45. The van der Waals surface area contributed by atoms with E-state index < -0.39 is 0 Å². The second kappa shape index (κ2) is 5.89. The zero-order valence-corrected chi connectivity index (χ0v) is 11.2. The molecule has 2 rings (SSSR count). The quantitative estimate of drug-likeness (QED) is 0.769. The number of aryl methyl sites for hydroxylation is 1. The van der Waals surface area contributed by atoms with Gasteiger partial charge in [0, 0.05) is 19.2 Å². The van der Waals surface area contributed by atoms with Crippen molar-refractivity contribution in [2.75, 3.05) is 18.0 Å². The second-order valence-corrected chi connectivity index (χ2v) is 4.84. The molecule has 98 valence electrons. The Morgan fingerprint density at radius 2 is 2.11 bits per heavy atom. The minimum atomic E-state index is -0.178. The van der Waals surface area contributed by atoms with Crippen LogP contribution in [-0.4, -0.2) is 25.2 Å². The number of esters is 1. The van der Waals surface area contributed by atoms with Gasteiger partial charge in [0.2, 0.25) is 0 Å². The number of ether oxygens (including phenoxy) is 1. The Balaban J connectivity index is 2.01. The molecule has 1 saturated heterocycles. The molecule has 1 aromatic rings. The fourth-order valence-corrected chi connectivity index (χ4v) is 2.45. The first-order valence-corrected chi connectivity index (χ1v) is 6.70. The van der Waals surface area contributed by atoms with Gasteiger partial charge >= 0.3 is 5.97 Å². The molecule has 1 fully saturated rings. The normalized spacial score (nSPS) is 19.7. The molecular weight excluding hydrogens is 226 g/mol. The molecule has 1 aliphatic heterocycles. The summed E-state index contributed by atoms with van der Waals surface area (Å²) in [6.45, 7) is 5.50.